The van der Waals surface area contributed by atoms with Gasteiger partial charge in [0.25, 0.3) is 0 Å². The first-order chi connectivity index (χ1) is 13.4. The molecule has 1 aliphatic rings. The summed E-state index contributed by atoms with van der Waals surface area (Å²) in [6.07, 6.45) is 2.84. The number of halogens is 2. The van der Waals surface area contributed by atoms with E-state index in [9.17, 15) is 23.7 Å². The molecule has 1 fully saturated rings. The van der Waals surface area contributed by atoms with Crippen LogP contribution in [0.1, 0.15) is 24.9 Å². The van der Waals surface area contributed by atoms with Gasteiger partial charge < -0.3 is 4.90 Å². The predicted octanol–water partition coefficient (Wildman–Crippen LogP) is 2.37. The lowest BCUT2D eigenvalue weighted by Gasteiger charge is -2.36. The molecule has 1 atom stereocenters. The molecule has 28 heavy (non-hydrogen) atoms. The fourth-order valence-electron chi connectivity index (χ4n) is 3.32. The lowest BCUT2D eigenvalue weighted by molar-refractivity contribution is -0.385. The van der Waals surface area contributed by atoms with Gasteiger partial charge in [-0.1, -0.05) is 19.1 Å². The van der Waals surface area contributed by atoms with Crippen LogP contribution in [0.25, 0.3) is 0 Å². The summed E-state index contributed by atoms with van der Waals surface area (Å²) in [6.45, 7) is 4.02. The van der Waals surface area contributed by atoms with Crippen molar-refractivity contribution >= 4 is 11.6 Å². The summed E-state index contributed by atoms with van der Waals surface area (Å²) in [4.78, 5) is 26.8. The first-order valence-electron chi connectivity index (χ1n) is 9.03. The zero-order chi connectivity index (χ0) is 20.3. The van der Waals surface area contributed by atoms with Crippen LogP contribution in [-0.2, 0) is 11.3 Å². The minimum atomic E-state index is -0.870. The third-order valence-electron chi connectivity index (χ3n) is 4.90. The topological polar surface area (TPSA) is 84.5 Å². The smallest absolute Gasteiger partial charge is 0.307 e. The Hall–Kier alpha value is -2.88. The molecular formula is C18H21F2N5O3. The number of amides is 1. The van der Waals surface area contributed by atoms with Gasteiger partial charge in [-0.15, -0.1) is 0 Å². The highest BCUT2D eigenvalue weighted by molar-refractivity contribution is 5.80. The Kier molecular flexibility index (Phi) is 5.98. The molecule has 1 amide bonds. The first-order valence-corrected chi connectivity index (χ1v) is 9.03. The molecule has 0 aliphatic carbocycles. The molecule has 1 saturated heterocycles. The fourth-order valence-corrected chi connectivity index (χ4v) is 3.32. The van der Waals surface area contributed by atoms with E-state index in [1.165, 1.54) is 16.9 Å². The zero-order valence-electron chi connectivity index (χ0n) is 15.4. The average molecular weight is 393 g/mol. The third kappa shape index (κ3) is 4.16. The molecule has 3 rings (SSSR count). The van der Waals surface area contributed by atoms with Gasteiger partial charge in [-0.2, -0.15) is 5.10 Å². The highest BCUT2D eigenvalue weighted by Gasteiger charge is 2.29. The lowest BCUT2D eigenvalue weighted by Crippen LogP contribution is -2.50. The van der Waals surface area contributed by atoms with Crippen LogP contribution in [0.2, 0.25) is 0 Å². The number of piperazine rings is 1. The summed E-state index contributed by atoms with van der Waals surface area (Å²) in [6, 6.07) is 3.50. The van der Waals surface area contributed by atoms with Crippen molar-refractivity contribution in [1.29, 1.82) is 0 Å². The summed E-state index contributed by atoms with van der Waals surface area (Å²) in [5.41, 5.74) is 0.128. The first kappa shape index (κ1) is 19.9. The van der Waals surface area contributed by atoms with Crippen LogP contribution < -0.4 is 0 Å². The normalized spacial score (nSPS) is 16.2. The van der Waals surface area contributed by atoms with Gasteiger partial charge >= 0.3 is 5.69 Å². The molecule has 1 aromatic heterocycles. The van der Waals surface area contributed by atoms with Gasteiger partial charge in [-0.3, -0.25) is 24.5 Å². The molecular weight excluding hydrogens is 372 g/mol. The number of nitrogens with zero attached hydrogens (tertiary/aromatic N) is 5. The van der Waals surface area contributed by atoms with Crippen LogP contribution in [0.4, 0.5) is 14.5 Å². The zero-order valence-corrected chi connectivity index (χ0v) is 15.4. The second-order valence-corrected chi connectivity index (χ2v) is 6.67. The number of aromatic nitrogens is 2. The SMILES string of the molecule is CCC(C(=O)N1CCN(Cc2cccc(F)c2F)CC1)n1cc([N+](=O)[O-])cn1. The van der Waals surface area contributed by atoms with Crippen LogP contribution in [0.5, 0.6) is 0 Å². The highest BCUT2D eigenvalue weighted by Crippen LogP contribution is 2.20. The molecule has 10 heteroatoms. The van der Waals surface area contributed by atoms with Crippen molar-refractivity contribution in [3.63, 3.8) is 0 Å². The maximum absolute atomic E-state index is 13.8. The minimum Gasteiger partial charge on any atom is -0.338 e. The number of carbonyl (C=O) groups excluding carboxylic acids is 1. The second kappa shape index (κ2) is 8.42. The Morgan fingerprint density at radius 2 is 2.00 bits per heavy atom. The van der Waals surface area contributed by atoms with Crippen molar-refractivity contribution in [2.24, 2.45) is 0 Å². The van der Waals surface area contributed by atoms with Crippen molar-refractivity contribution in [1.82, 2.24) is 19.6 Å². The van der Waals surface area contributed by atoms with E-state index in [-0.39, 0.29) is 23.7 Å². The lowest BCUT2D eigenvalue weighted by atomic mass is 10.1. The highest BCUT2D eigenvalue weighted by atomic mass is 19.2. The fraction of sp³-hybridized carbons (Fsp3) is 0.444. The number of hydrogen-bond acceptors (Lipinski definition) is 5. The van der Waals surface area contributed by atoms with E-state index in [0.29, 0.717) is 32.6 Å². The summed E-state index contributed by atoms with van der Waals surface area (Å²) in [5, 5.41) is 14.8. The molecule has 0 saturated carbocycles. The predicted molar refractivity (Wildman–Crippen MR) is 96.4 cm³/mol. The molecule has 0 bridgehead atoms. The molecule has 1 aliphatic heterocycles. The van der Waals surface area contributed by atoms with Gasteiger partial charge in [0.1, 0.15) is 18.4 Å². The second-order valence-electron chi connectivity index (χ2n) is 6.67. The number of nitro groups is 1. The van der Waals surface area contributed by atoms with Crippen molar-refractivity contribution in [2.75, 3.05) is 26.2 Å². The molecule has 0 radical (unpaired) electrons. The Morgan fingerprint density at radius 1 is 1.29 bits per heavy atom. The molecule has 0 N–H and O–H groups in total. The van der Waals surface area contributed by atoms with Gasteiger partial charge in [-0.05, 0) is 12.5 Å². The largest absolute Gasteiger partial charge is 0.338 e. The van der Waals surface area contributed by atoms with E-state index in [4.69, 9.17) is 0 Å². The standard InChI is InChI=1S/C18H21F2N5O3/c1-2-16(24-12-14(10-21-24)25(27)28)18(26)23-8-6-22(7-9-23)11-13-4-3-5-15(19)17(13)20/h3-5,10,12,16H,2,6-9,11H2,1H3. The van der Waals surface area contributed by atoms with E-state index in [0.717, 1.165) is 12.3 Å². The summed E-state index contributed by atoms with van der Waals surface area (Å²) in [5.74, 6) is -1.87. The number of hydrogen-bond donors (Lipinski definition) is 0. The maximum Gasteiger partial charge on any atom is 0.307 e. The van der Waals surface area contributed by atoms with Crippen LogP contribution in [-0.4, -0.2) is 56.6 Å². The average Bonchev–Trinajstić information content (AvgIpc) is 3.17. The maximum atomic E-state index is 13.8. The molecule has 8 nitrogen and oxygen atoms in total. The Bertz CT molecular complexity index is 865. The number of benzene rings is 1. The molecule has 0 spiro atoms. The Balaban J connectivity index is 1.60. The van der Waals surface area contributed by atoms with Crippen molar-refractivity contribution in [3.05, 3.63) is 57.9 Å². The molecule has 1 aromatic carbocycles. The monoisotopic (exact) mass is 393 g/mol. The number of rotatable bonds is 6. The Labute approximate surface area is 160 Å². The van der Waals surface area contributed by atoms with Crippen LogP contribution in [0.3, 0.4) is 0 Å². The van der Waals surface area contributed by atoms with Gasteiger partial charge in [0.2, 0.25) is 5.91 Å². The van der Waals surface area contributed by atoms with E-state index >= 15 is 0 Å². The quantitative estimate of drug-likeness (QED) is 0.556. The minimum absolute atomic E-state index is 0.155. The molecule has 150 valence electrons. The Morgan fingerprint density at radius 3 is 2.61 bits per heavy atom. The molecule has 1 unspecified atom stereocenters. The van der Waals surface area contributed by atoms with Gasteiger partial charge in [-0.25, -0.2) is 8.78 Å². The molecule has 2 heterocycles. The van der Waals surface area contributed by atoms with Crippen LogP contribution in [0, 0.1) is 21.7 Å². The van der Waals surface area contributed by atoms with Crippen LogP contribution >= 0.6 is 0 Å². The van der Waals surface area contributed by atoms with Crippen molar-refractivity contribution < 1.29 is 18.5 Å². The van der Waals surface area contributed by atoms with Gasteiger partial charge in [0.15, 0.2) is 11.6 Å². The summed E-state index contributed by atoms with van der Waals surface area (Å²) in [7, 11) is 0. The van der Waals surface area contributed by atoms with Crippen molar-refractivity contribution in [3.8, 4) is 0 Å². The van der Waals surface area contributed by atoms with E-state index in [2.05, 4.69) is 5.10 Å². The van der Waals surface area contributed by atoms with Gasteiger partial charge in [0, 0.05) is 38.3 Å². The summed E-state index contributed by atoms with van der Waals surface area (Å²) < 4.78 is 28.5. The van der Waals surface area contributed by atoms with E-state index in [1.807, 2.05) is 11.8 Å². The van der Waals surface area contributed by atoms with Crippen molar-refractivity contribution in [2.45, 2.75) is 25.9 Å². The summed E-state index contributed by atoms with van der Waals surface area (Å²) >= 11 is 0. The molecule has 2 aromatic rings. The van der Waals surface area contributed by atoms with Gasteiger partial charge in [0.05, 0.1) is 4.92 Å². The number of carbonyl (C=O) groups is 1. The third-order valence-corrected chi connectivity index (χ3v) is 4.90. The van der Waals surface area contributed by atoms with Crippen LogP contribution in [0.15, 0.2) is 30.6 Å². The van der Waals surface area contributed by atoms with E-state index in [1.54, 1.807) is 11.0 Å². The van der Waals surface area contributed by atoms with E-state index < -0.39 is 22.6 Å².